The molecule has 0 rings (SSSR count). The first-order valence-electron chi connectivity index (χ1n) is 6.91. The summed E-state index contributed by atoms with van der Waals surface area (Å²) in [5.74, 6) is -3.95. The van der Waals surface area contributed by atoms with E-state index >= 15 is 0 Å². The Balaban J connectivity index is -0.0000000505. The number of carbonyl (C=O) groups excluding carboxylic acids is 2. The summed E-state index contributed by atoms with van der Waals surface area (Å²) >= 11 is 0. The van der Waals surface area contributed by atoms with Crippen molar-refractivity contribution in [3.8, 4) is 0 Å². The van der Waals surface area contributed by atoms with E-state index in [2.05, 4.69) is 0 Å². The van der Waals surface area contributed by atoms with Crippen LogP contribution in [0.3, 0.4) is 0 Å². The van der Waals surface area contributed by atoms with Crippen LogP contribution >= 0.6 is 0 Å². The van der Waals surface area contributed by atoms with Gasteiger partial charge in [-0.05, 0) is 0 Å². The van der Waals surface area contributed by atoms with Crippen LogP contribution < -0.4 is 10.2 Å². The summed E-state index contributed by atoms with van der Waals surface area (Å²) < 4.78 is 0. The van der Waals surface area contributed by atoms with Crippen molar-refractivity contribution in [2.75, 3.05) is 13.2 Å². The Bertz CT molecular complexity index is 389. The van der Waals surface area contributed by atoms with Crippen molar-refractivity contribution in [3.05, 3.63) is 0 Å². The monoisotopic (exact) mass is 520 g/mol. The van der Waals surface area contributed by atoms with E-state index in [0.29, 0.717) is 0 Å². The maximum absolute atomic E-state index is 9.98. The van der Waals surface area contributed by atoms with Gasteiger partial charge in [0.25, 0.3) is 0 Å². The van der Waals surface area contributed by atoms with Gasteiger partial charge in [-0.1, -0.05) is 0 Å². The van der Waals surface area contributed by atoms with E-state index in [-0.39, 0.29) is 65.1 Å². The fraction of sp³-hybridized carbons (Fsp3) is 0.833. The number of carboxylic acid groups (broad SMARTS) is 2. The quantitative estimate of drug-likeness (QED) is 0.119. The molecule has 0 aliphatic rings. The van der Waals surface area contributed by atoms with Gasteiger partial charge in [0.1, 0.15) is 48.8 Å². The van der Waals surface area contributed by atoms with Crippen LogP contribution in [-0.2, 0) is 9.59 Å². The number of carbonyl (C=O) groups is 2. The molecule has 0 aromatic rings. The Morgan fingerprint density at radius 2 is 0.719 bits per heavy atom. The average molecular weight is 520 g/mol. The van der Waals surface area contributed by atoms with Crippen LogP contribution in [0.25, 0.3) is 0 Å². The van der Waals surface area contributed by atoms with Crippen LogP contribution in [0.5, 0.6) is 0 Å². The number of aliphatic carboxylic acids is 2. The van der Waals surface area contributed by atoms with Crippen molar-refractivity contribution < 1.29 is 98.2 Å². The van der Waals surface area contributed by atoms with Gasteiger partial charge >= 0.3 is 37.7 Å². The van der Waals surface area contributed by atoms with Gasteiger partial charge in [0.05, 0.1) is 25.2 Å². The van der Waals surface area contributed by atoms with Gasteiger partial charge in [0, 0.05) is 0 Å². The largest absolute Gasteiger partial charge is 2.00 e. The van der Waals surface area contributed by atoms with Gasteiger partial charge in [0.2, 0.25) is 0 Å². The van der Waals surface area contributed by atoms with Crippen LogP contribution in [0.4, 0.5) is 0 Å². The molecule has 0 radical (unpaired) electrons. The number of rotatable bonds is 10. The van der Waals surface area contributed by atoms with Gasteiger partial charge in [-0.2, -0.15) is 0 Å². The number of hydrogen-bond donors (Lipinski definition) is 10. The molecule has 8 atom stereocenters. The first-order valence-corrected chi connectivity index (χ1v) is 6.91. The third-order valence-electron chi connectivity index (χ3n) is 2.99. The van der Waals surface area contributed by atoms with Crippen LogP contribution in [0.1, 0.15) is 0 Å². The number of aliphatic hydroxyl groups is 10. The normalized spacial score (nSPS) is 16.6. The van der Waals surface area contributed by atoms with E-state index in [1.54, 1.807) is 0 Å². The molecule has 19 nitrogen and oxygen atoms in total. The fourth-order valence-electron chi connectivity index (χ4n) is 1.32. The Morgan fingerprint density at radius 1 is 0.531 bits per heavy atom. The van der Waals surface area contributed by atoms with Crippen molar-refractivity contribution in [3.63, 3.8) is 0 Å². The average Bonchev–Trinajstić information content (AvgIpc) is 2.62. The van der Waals surface area contributed by atoms with E-state index in [9.17, 15) is 19.8 Å². The molecule has 0 aromatic carbocycles. The molecule has 0 aliphatic heterocycles. The van der Waals surface area contributed by atoms with Crippen molar-refractivity contribution >= 4 is 49.7 Å². The molecule has 20 N–H and O–H groups in total. The Kier molecular flexibility index (Phi) is 44.6. The predicted octanol–water partition coefficient (Wildman–Crippen LogP) is -14.2. The second-order valence-electron chi connectivity index (χ2n) is 4.99. The number of carboxylic acids is 2. The number of aliphatic hydroxyl groups excluding tert-OH is 10. The van der Waals surface area contributed by atoms with E-state index in [1.165, 1.54) is 0 Å². The molecule has 0 heterocycles. The molecule has 20 heteroatoms. The number of hydrogen-bond acceptors (Lipinski definition) is 14. The van der Waals surface area contributed by atoms with Gasteiger partial charge in [-0.25, -0.2) is 0 Å². The second kappa shape index (κ2) is 26.8. The molecule has 8 unspecified atom stereocenters. The predicted molar refractivity (Wildman–Crippen MR) is 96.1 cm³/mol. The minimum Gasteiger partial charge on any atom is -0.547 e. The molecule has 0 fully saturated rings. The molecule has 0 spiro atoms. The van der Waals surface area contributed by atoms with Gasteiger partial charge < -0.3 is 98.2 Å². The van der Waals surface area contributed by atoms with Crippen LogP contribution in [0, 0.1) is 0 Å². The summed E-state index contributed by atoms with van der Waals surface area (Å²) in [6.45, 7) is -1.73. The molecule has 0 aromatic heterocycles. The first kappa shape index (κ1) is 53.1. The summed E-state index contributed by atoms with van der Waals surface area (Å²) in [5.41, 5.74) is 0. The molecule has 0 aliphatic carbocycles. The molecule has 196 valence electrons. The molecule has 0 amide bonds. The molecule has 0 saturated heterocycles. The van der Waals surface area contributed by atoms with Crippen molar-refractivity contribution in [2.45, 2.75) is 48.8 Å². The topological polar surface area (TPSA) is 440 Å². The smallest absolute Gasteiger partial charge is 0.547 e. The summed E-state index contributed by atoms with van der Waals surface area (Å²) in [4.78, 5) is 20.0. The second-order valence-corrected chi connectivity index (χ2v) is 4.99. The van der Waals surface area contributed by atoms with E-state index < -0.39 is 74.0 Å². The zero-order chi connectivity index (χ0) is 21.2. The van der Waals surface area contributed by atoms with E-state index in [4.69, 9.17) is 51.1 Å². The van der Waals surface area contributed by atoms with Crippen LogP contribution in [-0.4, -0.2) is 190 Å². The summed E-state index contributed by atoms with van der Waals surface area (Å²) in [6, 6.07) is 0. The zero-order valence-corrected chi connectivity index (χ0v) is 18.6. The van der Waals surface area contributed by atoms with E-state index in [0.717, 1.165) is 0 Å². The SMILES string of the molecule is O.O.O.O.O.O=C([O-])C(O)C(O)C(O)C(O)CO.O=C([O-])C(O)C(O)C(O)C(O)CO.[Ca+2]. The van der Waals surface area contributed by atoms with Gasteiger partial charge in [-0.3, -0.25) is 0 Å². The van der Waals surface area contributed by atoms with Crippen LogP contribution in [0.2, 0.25) is 0 Å². The maximum Gasteiger partial charge on any atom is 2.00 e. The van der Waals surface area contributed by atoms with Crippen molar-refractivity contribution in [1.82, 2.24) is 0 Å². The fourth-order valence-corrected chi connectivity index (χ4v) is 1.32. The van der Waals surface area contributed by atoms with E-state index in [1.807, 2.05) is 0 Å². The summed E-state index contributed by atoms with van der Waals surface area (Å²) in [5, 5.41) is 107. The van der Waals surface area contributed by atoms with Crippen molar-refractivity contribution in [1.29, 1.82) is 0 Å². The summed E-state index contributed by atoms with van der Waals surface area (Å²) in [6.07, 6.45) is -16.2. The minimum absolute atomic E-state index is 0. The Labute approximate surface area is 209 Å². The van der Waals surface area contributed by atoms with Gasteiger partial charge in [0.15, 0.2) is 0 Å². The first-order chi connectivity index (χ1) is 11.8. The standard InChI is InChI=1S/2C6H12O7.Ca.5H2O/c2*7-1-2(8)3(9)4(10)5(11)6(12)13;;;;;;/h2*2-5,7-11H,1H2,(H,12,13);;5*1H2/q;;+2;;;;;/p-2. The van der Waals surface area contributed by atoms with Gasteiger partial charge in [-0.15, -0.1) is 0 Å². The summed E-state index contributed by atoms with van der Waals surface area (Å²) in [7, 11) is 0. The molecular formula is C12H32CaO19. The molecule has 32 heavy (non-hydrogen) atoms. The van der Waals surface area contributed by atoms with Crippen molar-refractivity contribution in [2.24, 2.45) is 0 Å². The minimum atomic E-state index is -2.31. The third-order valence-corrected chi connectivity index (χ3v) is 2.99. The molecular weight excluding hydrogens is 488 g/mol. The maximum atomic E-state index is 9.98. The third kappa shape index (κ3) is 19.1. The Hall–Kier alpha value is -0.400. The molecule has 0 saturated carbocycles. The molecule has 0 bridgehead atoms. The zero-order valence-electron chi connectivity index (χ0n) is 16.3. The Morgan fingerprint density at radius 3 is 0.844 bits per heavy atom. The van der Waals surface area contributed by atoms with Crippen LogP contribution in [0.15, 0.2) is 0 Å².